The highest BCUT2D eigenvalue weighted by atomic mass is 16.5. The van der Waals surface area contributed by atoms with Gasteiger partial charge in [0.1, 0.15) is 0 Å². The third-order valence-corrected chi connectivity index (χ3v) is 2.80. The van der Waals surface area contributed by atoms with E-state index in [1.807, 2.05) is 32.0 Å². The van der Waals surface area contributed by atoms with Gasteiger partial charge in [0.15, 0.2) is 11.5 Å². The average molecular weight is 316 g/mol. The number of aromatic nitrogens is 2. The largest absolute Gasteiger partial charge is 0.493 e. The summed E-state index contributed by atoms with van der Waals surface area (Å²) in [6, 6.07) is 6.91. The van der Waals surface area contributed by atoms with E-state index in [-0.39, 0.29) is 17.6 Å². The smallest absolute Gasteiger partial charge is 0.252 e. The molecule has 1 aromatic carbocycles. The molecule has 7 nitrogen and oxygen atoms in total. The van der Waals surface area contributed by atoms with Gasteiger partial charge in [0.05, 0.1) is 19.4 Å². The van der Waals surface area contributed by atoms with Gasteiger partial charge in [-0.1, -0.05) is 0 Å². The van der Waals surface area contributed by atoms with E-state index < -0.39 is 0 Å². The first-order valence-electron chi connectivity index (χ1n) is 7.19. The minimum Gasteiger partial charge on any atom is -0.493 e. The Labute approximate surface area is 134 Å². The number of methoxy groups -OCH3 is 1. The molecule has 0 aliphatic rings. The molecule has 0 bridgehead atoms. The Morgan fingerprint density at radius 1 is 1.30 bits per heavy atom. The second kappa shape index (κ2) is 7.44. The highest BCUT2D eigenvalue weighted by Gasteiger charge is 2.06. The van der Waals surface area contributed by atoms with Crippen molar-refractivity contribution in [3.63, 3.8) is 0 Å². The maximum absolute atomic E-state index is 11.3. The van der Waals surface area contributed by atoms with Crippen LogP contribution in [-0.2, 0) is 0 Å². The predicted molar refractivity (Wildman–Crippen MR) is 89.6 cm³/mol. The number of nitrogens with zero attached hydrogens (tertiary/aromatic N) is 2. The van der Waals surface area contributed by atoms with E-state index in [9.17, 15) is 4.79 Å². The molecule has 0 saturated carbocycles. The summed E-state index contributed by atoms with van der Waals surface area (Å²) in [5.41, 5.74) is 3.89. The number of aryl methyl sites for hydroxylation is 1. The van der Waals surface area contributed by atoms with E-state index in [0.29, 0.717) is 17.2 Å². The van der Waals surface area contributed by atoms with Crippen molar-refractivity contribution < 1.29 is 9.47 Å². The molecule has 0 fully saturated rings. The molecule has 0 spiro atoms. The Kier molecular flexibility index (Phi) is 5.35. The molecule has 2 N–H and O–H groups in total. The van der Waals surface area contributed by atoms with Crippen LogP contribution in [0, 0.1) is 6.92 Å². The second-order valence-electron chi connectivity index (χ2n) is 5.18. The maximum atomic E-state index is 11.3. The molecule has 0 radical (unpaired) electrons. The van der Waals surface area contributed by atoms with Crippen LogP contribution >= 0.6 is 0 Å². The number of hydrogen-bond acceptors (Lipinski definition) is 6. The molecule has 0 aliphatic heterocycles. The van der Waals surface area contributed by atoms with Gasteiger partial charge in [-0.3, -0.25) is 9.78 Å². The molecule has 0 aliphatic carbocycles. The third-order valence-electron chi connectivity index (χ3n) is 2.80. The van der Waals surface area contributed by atoms with E-state index in [4.69, 9.17) is 9.47 Å². The SMILES string of the molecule is COc1cc(C=NNc2nc(C)cc(=O)[nH]2)ccc1OC(C)C. The van der Waals surface area contributed by atoms with Crippen molar-refractivity contribution in [2.75, 3.05) is 12.5 Å². The lowest BCUT2D eigenvalue weighted by Gasteiger charge is -2.13. The quantitative estimate of drug-likeness (QED) is 0.630. The molecule has 2 aromatic rings. The minimum atomic E-state index is -0.230. The highest BCUT2D eigenvalue weighted by Crippen LogP contribution is 2.28. The van der Waals surface area contributed by atoms with Gasteiger partial charge in [0.2, 0.25) is 5.95 Å². The molecule has 23 heavy (non-hydrogen) atoms. The van der Waals surface area contributed by atoms with Gasteiger partial charge >= 0.3 is 0 Å². The van der Waals surface area contributed by atoms with Crippen LogP contribution in [0.25, 0.3) is 0 Å². The fourth-order valence-corrected chi connectivity index (χ4v) is 1.92. The molecular formula is C16H20N4O3. The van der Waals surface area contributed by atoms with Crippen LogP contribution in [0.3, 0.4) is 0 Å². The van der Waals surface area contributed by atoms with Crippen LogP contribution in [0.4, 0.5) is 5.95 Å². The van der Waals surface area contributed by atoms with E-state index in [2.05, 4.69) is 20.5 Å². The Bertz CT molecular complexity index is 753. The topological polar surface area (TPSA) is 88.6 Å². The molecule has 1 heterocycles. The van der Waals surface area contributed by atoms with E-state index >= 15 is 0 Å². The molecule has 1 aromatic heterocycles. The Morgan fingerprint density at radius 2 is 2.09 bits per heavy atom. The molecule has 0 saturated heterocycles. The zero-order chi connectivity index (χ0) is 16.8. The lowest BCUT2D eigenvalue weighted by molar-refractivity contribution is 0.230. The highest BCUT2D eigenvalue weighted by molar-refractivity contribution is 5.81. The van der Waals surface area contributed by atoms with E-state index in [1.54, 1.807) is 20.2 Å². The number of hydrogen-bond donors (Lipinski definition) is 2. The molecule has 0 atom stereocenters. The first-order valence-corrected chi connectivity index (χ1v) is 7.19. The van der Waals surface area contributed by atoms with Crippen molar-refractivity contribution in [1.29, 1.82) is 0 Å². The Hall–Kier alpha value is -2.83. The zero-order valence-corrected chi connectivity index (χ0v) is 13.6. The third kappa shape index (κ3) is 4.84. The standard InChI is InChI=1S/C16H20N4O3/c1-10(2)23-13-6-5-12(8-14(13)22-4)9-17-20-16-18-11(3)7-15(21)19-16/h5-10H,1-4H3,(H2,18,19,20,21). The summed E-state index contributed by atoms with van der Waals surface area (Å²) in [5, 5.41) is 4.06. The maximum Gasteiger partial charge on any atom is 0.252 e. The van der Waals surface area contributed by atoms with Gasteiger partial charge < -0.3 is 9.47 Å². The number of ether oxygens (including phenoxy) is 2. The number of aromatic amines is 1. The monoisotopic (exact) mass is 316 g/mol. The normalized spacial score (nSPS) is 11.0. The van der Waals surface area contributed by atoms with Crippen molar-refractivity contribution in [1.82, 2.24) is 9.97 Å². The Morgan fingerprint density at radius 3 is 2.74 bits per heavy atom. The number of anilines is 1. The lowest BCUT2D eigenvalue weighted by Crippen LogP contribution is -2.10. The van der Waals surface area contributed by atoms with Crippen molar-refractivity contribution in [3.8, 4) is 11.5 Å². The molecule has 0 amide bonds. The second-order valence-corrected chi connectivity index (χ2v) is 5.18. The average Bonchev–Trinajstić information content (AvgIpc) is 2.47. The van der Waals surface area contributed by atoms with Gasteiger partial charge in [-0.25, -0.2) is 10.4 Å². The summed E-state index contributed by atoms with van der Waals surface area (Å²) in [6.45, 7) is 5.64. The summed E-state index contributed by atoms with van der Waals surface area (Å²) < 4.78 is 11.0. The van der Waals surface area contributed by atoms with Gasteiger partial charge in [-0.2, -0.15) is 5.10 Å². The first kappa shape index (κ1) is 16.5. The fourth-order valence-electron chi connectivity index (χ4n) is 1.92. The van der Waals surface area contributed by atoms with Crippen LogP contribution in [-0.4, -0.2) is 29.4 Å². The van der Waals surface area contributed by atoms with Crippen LogP contribution in [0.5, 0.6) is 11.5 Å². The first-order chi connectivity index (χ1) is 11.0. The van der Waals surface area contributed by atoms with Crippen molar-refractivity contribution in [2.45, 2.75) is 26.9 Å². The number of rotatable bonds is 6. The summed E-state index contributed by atoms with van der Waals surface area (Å²) in [7, 11) is 1.59. The Balaban J connectivity index is 2.11. The van der Waals surface area contributed by atoms with Gasteiger partial charge in [0, 0.05) is 11.8 Å². The lowest BCUT2D eigenvalue weighted by atomic mass is 10.2. The fraction of sp³-hybridized carbons (Fsp3) is 0.312. The van der Waals surface area contributed by atoms with E-state index in [0.717, 1.165) is 5.56 Å². The predicted octanol–water partition coefficient (Wildman–Crippen LogP) is 2.32. The van der Waals surface area contributed by atoms with Crippen LogP contribution in [0.15, 0.2) is 34.2 Å². The molecule has 2 rings (SSSR count). The zero-order valence-electron chi connectivity index (χ0n) is 13.6. The summed E-state index contributed by atoms with van der Waals surface area (Å²) in [6.07, 6.45) is 1.67. The molecule has 0 unspecified atom stereocenters. The van der Waals surface area contributed by atoms with Crippen LogP contribution in [0.1, 0.15) is 25.1 Å². The summed E-state index contributed by atoms with van der Waals surface area (Å²) >= 11 is 0. The van der Waals surface area contributed by atoms with Crippen LogP contribution in [0.2, 0.25) is 0 Å². The van der Waals surface area contributed by atoms with Crippen molar-refractivity contribution >= 4 is 12.2 Å². The van der Waals surface area contributed by atoms with Crippen molar-refractivity contribution in [3.05, 3.63) is 45.9 Å². The minimum absolute atomic E-state index is 0.0642. The molecule has 122 valence electrons. The van der Waals surface area contributed by atoms with E-state index in [1.165, 1.54) is 6.07 Å². The molecular weight excluding hydrogens is 296 g/mol. The number of H-pyrrole nitrogens is 1. The number of hydrazone groups is 1. The van der Waals surface area contributed by atoms with Crippen molar-refractivity contribution in [2.24, 2.45) is 5.10 Å². The van der Waals surface area contributed by atoms with Gasteiger partial charge in [0.25, 0.3) is 5.56 Å². The number of nitrogens with one attached hydrogen (secondary N) is 2. The summed E-state index contributed by atoms with van der Waals surface area (Å²) in [5.74, 6) is 1.60. The van der Waals surface area contributed by atoms with Crippen LogP contribution < -0.4 is 20.5 Å². The van der Waals surface area contributed by atoms with Gasteiger partial charge in [-0.15, -0.1) is 0 Å². The molecule has 7 heteroatoms. The summed E-state index contributed by atoms with van der Waals surface area (Å²) in [4.78, 5) is 18.0. The van der Waals surface area contributed by atoms with Gasteiger partial charge in [-0.05, 0) is 44.5 Å². The number of benzene rings is 1.